The SMILES string of the molecule is CN1CCO[C@H]2CN(Cc3cccc(OCCc4c[nH]c5ccccc45)c3)C[C@@H]21. The van der Waals surface area contributed by atoms with Crippen molar-refractivity contribution in [1.29, 1.82) is 0 Å². The van der Waals surface area contributed by atoms with Crippen LogP contribution in [0.15, 0.2) is 54.7 Å². The standard InChI is InChI=1S/C24H29N3O2/c1-26-10-12-29-24-17-27(16-23(24)26)15-18-5-4-6-20(13-18)28-11-9-19-14-25-22-8-3-2-7-21(19)22/h2-8,13-14,23-25H,9-12,15-17H2,1H3/t23-,24-/m0/s1. The minimum atomic E-state index is 0.351. The van der Waals surface area contributed by atoms with Crippen molar-refractivity contribution in [2.24, 2.45) is 0 Å². The zero-order chi connectivity index (χ0) is 19.6. The molecule has 3 aromatic rings. The zero-order valence-electron chi connectivity index (χ0n) is 17.0. The number of nitrogens with zero attached hydrogens (tertiary/aromatic N) is 2. The minimum Gasteiger partial charge on any atom is -0.493 e. The summed E-state index contributed by atoms with van der Waals surface area (Å²) < 4.78 is 12.1. The lowest BCUT2D eigenvalue weighted by Gasteiger charge is -2.33. The van der Waals surface area contributed by atoms with Gasteiger partial charge in [-0.3, -0.25) is 9.80 Å². The summed E-state index contributed by atoms with van der Waals surface area (Å²) in [5.41, 5.74) is 3.79. The molecule has 2 atom stereocenters. The number of para-hydroxylation sites is 1. The van der Waals surface area contributed by atoms with Gasteiger partial charge in [-0.25, -0.2) is 0 Å². The Balaban J connectivity index is 1.17. The van der Waals surface area contributed by atoms with Crippen LogP contribution in [-0.2, 0) is 17.7 Å². The summed E-state index contributed by atoms with van der Waals surface area (Å²) in [5, 5.41) is 1.28. The van der Waals surface area contributed by atoms with Gasteiger partial charge < -0.3 is 14.5 Å². The van der Waals surface area contributed by atoms with Crippen LogP contribution in [-0.4, -0.2) is 66.8 Å². The van der Waals surface area contributed by atoms with Crippen LogP contribution in [0.1, 0.15) is 11.1 Å². The fourth-order valence-corrected chi connectivity index (χ4v) is 4.67. The Kier molecular flexibility index (Phi) is 5.27. The van der Waals surface area contributed by atoms with Crippen molar-refractivity contribution in [3.05, 3.63) is 65.9 Å². The molecule has 0 radical (unpaired) electrons. The van der Waals surface area contributed by atoms with E-state index in [0.717, 1.165) is 45.0 Å². The van der Waals surface area contributed by atoms with Gasteiger partial charge >= 0.3 is 0 Å². The summed E-state index contributed by atoms with van der Waals surface area (Å²) in [4.78, 5) is 8.28. The van der Waals surface area contributed by atoms with Crippen LogP contribution < -0.4 is 4.74 Å². The van der Waals surface area contributed by atoms with Gasteiger partial charge in [0.15, 0.2) is 0 Å². The molecule has 2 aliphatic heterocycles. The second kappa shape index (κ2) is 8.19. The van der Waals surface area contributed by atoms with Gasteiger partial charge in [0.05, 0.1) is 19.3 Å². The number of fused-ring (bicyclic) bond motifs is 2. The smallest absolute Gasteiger partial charge is 0.119 e. The summed E-state index contributed by atoms with van der Waals surface area (Å²) in [6.07, 6.45) is 3.34. The third kappa shape index (κ3) is 4.04. The number of hydrogen-bond donors (Lipinski definition) is 1. The molecule has 0 saturated carbocycles. The van der Waals surface area contributed by atoms with Gasteiger partial charge in [-0.05, 0) is 36.4 Å². The largest absolute Gasteiger partial charge is 0.493 e. The maximum atomic E-state index is 6.08. The van der Waals surface area contributed by atoms with Crippen LogP contribution in [0, 0.1) is 0 Å². The van der Waals surface area contributed by atoms with E-state index < -0.39 is 0 Å². The predicted molar refractivity (Wildman–Crippen MR) is 115 cm³/mol. The van der Waals surface area contributed by atoms with Gasteiger partial charge in [-0.2, -0.15) is 0 Å². The molecule has 3 heterocycles. The Morgan fingerprint density at radius 3 is 3.00 bits per heavy atom. The minimum absolute atomic E-state index is 0.351. The highest BCUT2D eigenvalue weighted by Gasteiger charge is 2.38. The molecular weight excluding hydrogens is 362 g/mol. The second-order valence-corrected chi connectivity index (χ2v) is 8.26. The van der Waals surface area contributed by atoms with E-state index in [4.69, 9.17) is 9.47 Å². The van der Waals surface area contributed by atoms with E-state index in [-0.39, 0.29) is 0 Å². The molecule has 5 nitrogen and oxygen atoms in total. The number of aromatic nitrogens is 1. The van der Waals surface area contributed by atoms with Crippen molar-refractivity contribution in [2.75, 3.05) is 39.9 Å². The van der Waals surface area contributed by atoms with Gasteiger partial charge in [-0.1, -0.05) is 30.3 Å². The number of aromatic amines is 1. The Bertz CT molecular complexity index is 969. The average Bonchev–Trinajstić information content (AvgIpc) is 3.33. The Morgan fingerprint density at radius 2 is 2.07 bits per heavy atom. The number of likely N-dealkylation sites (N-methyl/N-ethyl adjacent to an activating group) is 1. The summed E-state index contributed by atoms with van der Waals surface area (Å²) >= 11 is 0. The van der Waals surface area contributed by atoms with Gasteiger partial charge in [0.1, 0.15) is 5.75 Å². The van der Waals surface area contributed by atoms with Crippen molar-refractivity contribution in [1.82, 2.24) is 14.8 Å². The number of likely N-dealkylation sites (tertiary alicyclic amines) is 1. The van der Waals surface area contributed by atoms with E-state index >= 15 is 0 Å². The molecule has 0 unspecified atom stereocenters. The number of H-pyrrole nitrogens is 1. The molecule has 2 aromatic carbocycles. The number of morpholine rings is 1. The average molecular weight is 392 g/mol. The van der Waals surface area contributed by atoms with E-state index in [9.17, 15) is 0 Å². The quantitative estimate of drug-likeness (QED) is 0.700. The molecule has 2 fully saturated rings. The lowest BCUT2D eigenvalue weighted by atomic mass is 10.1. The Labute approximate surface area is 172 Å². The fraction of sp³-hybridized carbons (Fsp3) is 0.417. The normalized spacial score (nSPS) is 22.8. The van der Waals surface area contributed by atoms with Crippen LogP contribution in [0.2, 0.25) is 0 Å². The molecule has 0 spiro atoms. The number of hydrogen-bond acceptors (Lipinski definition) is 4. The highest BCUT2D eigenvalue weighted by molar-refractivity contribution is 5.83. The Hall–Kier alpha value is -2.34. The first-order valence-corrected chi connectivity index (χ1v) is 10.6. The first-order valence-electron chi connectivity index (χ1n) is 10.6. The van der Waals surface area contributed by atoms with Gasteiger partial charge in [0.25, 0.3) is 0 Å². The van der Waals surface area contributed by atoms with E-state index in [1.54, 1.807) is 0 Å². The van der Waals surface area contributed by atoms with Crippen molar-refractivity contribution < 1.29 is 9.47 Å². The summed E-state index contributed by atoms with van der Waals surface area (Å²) in [6.45, 7) is 5.61. The highest BCUT2D eigenvalue weighted by atomic mass is 16.5. The molecule has 5 rings (SSSR count). The zero-order valence-corrected chi connectivity index (χ0v) is 17.0. The lowest BCUT2D eigenvalue weighted by Crippen LogP contribution is -2.48. The van der Waals surface area contributed by atoms with Gasteiger partial charge in [0.2, 0.25) is 0 Å². The molecule has 1 aromatic heterocycles. The molecule has 5 heteroatoms. The third-order valence-electron chi connectivity index (χ3n) is 6.27. The van der Waals surface area contributed by atoms with E-state index in [1.807, 2.05) is 0 Å². The molecule has 0 bridgehead atoms. The van der Waals surface area contributed by atoms with Crippen LogP contribution in [0.3, 0.4) is 0 Å². The van der Waals surface area contributed by atoms with E-state index in [1.165, 1.54) is 22.0 Å². The molecule has 1 N–H and O–H groups in total. The van der Waals surface area contributed by atoms with E-state index in [2.05, 4.69) is 76.6 Å². The van der Waals surface area contributed by atoms with Crippen molar-refractivity contribution in [2.45, 2.75) is 25.1 Å². The monoisotopic (exact) mass is 391 g/mol. The molecular formula is C24H29N3O2. The first-order chi connectivity index (χ1) is 14.3. The Morgan fingerprint density at radius 1 is 1.14 bits per heavy atom. The number of nitrogens with one attached hydrogen (secondary N) is 1. The molecule has 29 heavy (non-hydrogen) atoms. The predicted octanol–water partition coefficient (Wildman–Crippen LogP) is 3.30. The highest BCUT2D eigenvalue weighted by Crippen LogP contribution is 2.24. The molecule has 152 valence electrons. The summed E-state index contributed by atoms with van der Waals surface area (Å²) in [5.74, 6) is 0.951. The summed E-state index contributed by atoms with van der Waals surface area (Å²) in [6, 6.07) is 17.5. The van der Waals surface area contributed by atoms with Gasteiger partial charge in [-0.15, -0.1) is 0 Å². The molecule has 0 amide bonds. The molecule has 2 saturated heterocycles. The maximum Gasteiger partial charge on any atom is 0.119 e. The number of rotatable bonds is 6. The van der Waals surface area contributed by atoms with Crippen molar-refractivity contribution >= 4 is 10.9 Å². The van der Waals surface area contributed by atoms with Crippen LogP contribution in [0.4, 0.5) is 0 Å². The van der Waals surface area contributed by atoms with Crippen molar-refractivity contribution in [3.8, 4) is 5.75 Å². The first kappa shape index (κ1) is 18.7. The maximum absolute atomic E-state index is 6.08. The third-order valence-corrected chi connectivity index (χ3v) is 6.27. The number of benzene rings is 2. The molecule has 2 aliphatic rings. The van der Waals surface area contributed by atoms with Crippen molar-refractivity contribution in [3.63, 3.8) is 0 Å². The molecule has 0 aliphatic carbocycles. The second-order valence-electron chi connectivity index (χ2n) is 8.26. The fourth-order valence-electron chi connectivity index (χ4n) is 4.67. The summed E-state index contributed by atoms with van der Waals surface area (Å²) in [7, 11) is 2.21. The van der Waals surface area contributed by atoms with Gasteiger partial charge in [0, 0.05) is 55.7 Å². The number of ether oxygens (including phenoxy) is 2. The lowest BCUT2D eigenvalue weighted by molar-refractivity contribution is -0.0370. The van der Waals surface area contributed by atoms with E-state index in [0.29, 0.717) is 18.8 Å². The topological polar surface area (TPSA) is 40.7 Å². The van der Waals surface area contributed by atoms with Crippen LogP contribution in [0.25, 0.3) is 10.9 Å². The van der Waals surface area contributed by atoms with Crippen LogP contribution >= 0.6 is 0 Å². The van der Waals surface area contributed by atoms with Crippen LogP contribution in [0.5, 0.6) is 5.75 Å².